The summed E-state index contributed by atoms with van der Waals surface area (Å²) in [6.45, 7) is 15.3. The fourth-order valence-electron chi connectivity index (χ4n) is 8.78. The first kappa shape index (κ1) is 36.9. The number of hydrogen-bond donors (Lipinski definition) is 6. The number of aryl methyl sites for hydroxylation is 1. The Morgan fingerprint density at radius 2 is 1.08 bits per heavy atom. The second-order valence-corrected chi connectivity index (χ2v) is 15.9. The Morgan fingerprint density at radius 3 is 1.57 bits per heavy atom. The predicted octanol–water partition coefficient (Wildman–Crippen LogP) is 4.57. The third-order valence-electron chi connectivity index (χ3n) is 12.2. The molecular formula is C43H52N6O4. The van der Waals surface area contributed by atoms with Crippen molar-refractivity contribution in [2.45, 2.75) is 108 Å². The number of nitrogens with one attached hydrogen (secondary N) is 6. The standard InChI is InChI=1S/C43H52N6O4/c1-24-16-31(48-42-18-36(50)26(3)44-22-40(42)46-28(5)38(52)20-42)12-14-33(24)34-15-13-32(17-35(34)25(2)30-10-8-7-9-11-30)49-43-19-37(51)27(4)45-23-41(43)47-29(6)39(53)21-43/h7-17,26-29,40-41,44-49H,2,18-23H2,1,3-6H3/t26-,27-,28-,29-,40?,41?,42?,43?/m0/s1. The summed E-state index contributed by atoms with van der Waals surface area (Å²) in [7, 11) is 0. The number of ketones is 4. The van der Waals surface area contributed by atoms with Crippen LogP contribution in [0.3, 0.4) is 0 Å². The fourth-order valence-corrected chi connectivity index (χ4v) is 8.78. The van der Waals surface area contributed by atoms with Crippen LogP contribution in [0.5, 0.6) is 0 Å². The van der Waals surface area contributed by atoms with Gasteiger partial charge in [0, 0.05) is 62.2 Å². The molecule has 0 spiro atoms. The average Bonchev–Trinajstić information content (AvgIpc) is 3.31. The summed E-state index contributed by atoms with van der Waals surface area (Å²) < 4.78 is 0. The molecule has 3 aromatic rings. The Labute approximate surface area is 312 Å². The van der Waals surface area contributed by atoms with Crippen LogP contribution in [0.1, 0.15) is 70.1 Å². The van der Waals surface area contributed by atoms with Crippen LogP contribution < -0.4 is 31.9 Å². The highest BCUT2D eigenvalue weighted by molar-refractivity contribution is 5.94. The van der Waals surface area contributed by atoms with E-state index in [1.54, 1.807) is 0 Å². The van der Waals surface area contributed by atoms with Gasteiger partial charge >= 0.3 is 0 Å². The average molecular weight is 717 g/mol. The molecule has 53 heavy (non-hydrogen) atoms. The van der Waals surface area contributed by atoms with E-state index in [1.165, 1.54) is 0 Å². The van der Waals surface area contributed by atoms with Crippen molar-refractivity contribution >= 4 is 40.1 Å². The Kier molecular flexibility index (Phi) is 10.0. The van der Waals surface area contributed by atoms with Crippen LogP contribution in [-0.4, -0.2) is 83.6 Å². The van der Waals surface area contributed by atoms with E-state index in [4.69, 9.17) is 0 Å². The van der Waals surface area contributed by atoms with Gasteiger partial charge in [0.1, 0.15) is 0 Å². The molecule has 4 heterocycles. The summed E-state index contributed by atoms with van der Waals surface area (Å²) in [5, 5.41) is 21.1. The van der Waals surface area contributed by atoms with Crippen molar-refractivity contribution in [1.82, 2.24) is 21.3 Å². The summed E-state index contributed by atoms with van der Waals surface area (Å²) in [6, 6.07) is 21.1. The maximum atomic E-state index is 13.3. The van der Waals surface area contributed by atoms with Gasteiger partial charge in [0.25, 0.3) is 0 Å². The van der Waals surface area contributed by atoms with E-state index in [0.29, 0.717) is 13.1 Å². The lowest BCUT2D eigenvalue weighted by Gasteiger charge is -2.46. The molecule has 0 amide bonds. The lowest BCUT2D eigenvalue weighted by Crippen LogP contribution is -2.67. The quantitative estimate of drug-likeness (QED) is 0.206. The number of carbonyl (C=O) groups is 4. The van der Waals surface area contributed by atoms with Crippen molar-refractivity contribution in [1.29, 1.82) is 0 Å². The Balaban J connectivity index is 1.25. The van der Waals surface area contributed by atoms with E-state index in [1.807, 2.05) is 70.2 Å². The summed E-state index contributed by atoms with van der Waals surface area (Å²) in [5.74, 6) is 0.336. The number of piperidine rings is 2. The maximum Gasteiger partial charge on any atom is 0.151 e. The molecule has 4 unspecified atom stereocenters. The number of anilines is 2. The Morgan fingerprint density at radius 1 is 0.623 bits per heavy atom. The molecule has 0 aliphatic carbocycles. The third-order valence-corrected chi connectivity index (χ3v) is 12.2. The van der Waals surface area contributed by atoms with E-state index >= 15 is 0 Å². The fraction of sp³-hybridized carbons (Fsp3) is 0.442. The molecule has 8 atom stereocenters. The van der Waals surface area contributed by atoms with Crippen LogP contribution in [0.2, 0.25) is 0 Å². The number of carbonyl (C=O) groups excluding carboxylic acids is 4. The van der Waals surface area contributed by atoms with Gasteiger partial charge in [-0.25, -0.2) is 0 Å². The van der Waals surface area contributed by atoms with Crippen molar-refractivity contribution in [3.63, 3.8) is 0 Å². The molecule has 4 aliphatic rings. The zero-order valence-electron chi connectivity index (χ0n) is 31.4. The highest BCUT2D eigenvalue weighted by Gasteiger charge is 2.51. The highest BCUT2D eigenvalue weighted by atomic mass is 16.1. The van der Waals surface area contributed by atoms with Gasteiger partial charge in [-0.1, -0.05) is 49.0 Å². The predicted molar refractivity (Wildman–Crippen MR) is 210 cm³/mol. The second-order valence-electron chi connectivity index (χ2n) is 15.9. The van der Waals surface area contributed by atoms with E-state index in [-0.39, 0.29) is 85.1 Å². The van der Waals surface area contributed by atoms with E-state index in [2.05, 4.69) is 69.7 Å². The number of benzene rings is 3. The highest BCUT2D eigenvalue weighted by Crippen LogP contribution is 2.40. The largest absolute Gasteiger partial charge is 0.377 e. The van der Waals surface area contributed by atoms with Crippen molar-refractivity contribution in [2.75, 3.05) is 23.7 Å². The summed E-state index contributed by atoms with van der Waals surface area (Å²) in [6.07, 6.45) is 0.992. The molecule has 0 bridgehead atoms. The number of rotatable bonds is 7. The topological polar surface area (TPSA) is 140 Å². The second kappa shape index (κ2) is 14.4. The number of Topliss-reactive ketones (excluding diaryl/α,β-unsaturated/α-hetero) is 4. The SMILES string of the molecule is C=C(c1ccccc1)c1cc(NC23CC(=O)[C@H](C)NCC2N[C@@H](C)C(=O)C3)ccc1-c1ccc(NC23CC(=O)[C@H](C)NCC2N[C@@H](C)C(=O)C3)cc1C. The molecule has 10 nitrogen and oxygen atoms in total. The summed E-state index contributed by atoms with van der Waals surface area (Å²) in [4.78, 5) is 52.8. The normalized spacial score (nSPS) is 31.9. The van der Waals surface area contributed by atoms with Gasteiger partial charge in [0.05, 0.1) is 35.2 Å². The van der Waals surface area contributed by atoms with E-state index in [9.17, 15) is 19.2 Å². The third kappa shape index (κ3) is 7.13. The zero-order valence-corrected chi connectivity index (χ0v) is 31.4. The van der Waals surface area contributed by atoms with Crippen LogP contribution >= 0.6 is 0 Å². The molecular weight excluding hydrogens is 665 g/mol. The lowest BCUT2D eigenvalue weighted by molar-refractivity contribution is -0.127. The van der Waals surface area contributed by atoms with Crippen molar-refractivity contribution in [3.05, 3.63) is 90.0 Å². The monoisotopic (exact) mass is 716 g/mol. The summed E-state index contributed by atoms with van der Waals surface area (Å²) in [5.41, 5.74) is 5.91. The van der Waals surface area contributed by atoms with Crippen LogP contribution in [0.15, 0.2) is 73.3 Å². The van der Waals surface area contributed by atoms with E-state index in [0.717, 1.165) is 44.8 Å². The molecule has 10 heteroatoms. The molecule has 0 aromatic heterocycles. The van der Waals surface area contributed by atoms with Gasteiger partial charge in [0.2, 0.25) is 0 Å². The van der Waals surface area contributed by atoms with Gasteiger partial charge in [0.15, 0.2) is 23.1 Å². The number of hydrogen-bond acceptors (Lipinski definition) is 10. The van der Waals surface area contributed by atoms with Crippen LogP contribution in [-0.2, 0) is 19.2 Å². The van der Waals surface area contributed by atoms with Gasteiger partial charge < -0.3 is 31.9 Å². The summed E-state index contributed by atoms with van der Waals surface area (Å²) >= 11 is 0. The van der Waals surface area contributed by atoms with Crippen molar-refractivity contribution in [2.24, 2.45) is 0 Å². The minimum Gasteiger partial charge on any atom is -0.377 e. The molecule has 4 aliphatic heterocycles. The maximum absolute atomic E-state index is 13.3. The molecule has 0 saturated carbocycles. The molecule has 4 fully saturated rings. The first-order valence-electron chi connectivity index (χ1n) is 18.9. The molecule has 0 radical (unpaired) electrons. The van der Waals surface area contributed by atoms with Crippen LogP contribution in [0.25, 0.3) is 16.7 Å². The molecule has 4 saturated heterocycles. The smallest absolute Gasteiger partial charge is 0.151 e. The minimum absolute atomic E-state index is 0.0757. The van der Waals surface area contributed by atoms with Crippen molar-refractivity contribution in [3.8, 4) is 11.1 Å². The van der Waals surface area contributed by atoms with E-state index < -0.39 is 11.1 Å². The Bertz CT molecular complexity index is 1960. The first-order valence-corrected chi connectivity index (χ1v) is 18.9. The van der Waals surface area contributed by atoms with Gasteiger partial charge in [-0.3, -0.25) is 19.2 Å². The zero-order chi connectivity index (χ0) is 37.7. The van der Waals surface area contributed by atoms with Gasteiger partial charge in [-0.15, -0.1) is 0 Å². The molecule has 7 rings (SSSR count). The van der Waals surface area contributed by atoms with Crippen molar-refractivity contribution < 1.29 is 19.2 Å². The molecule has 6 N–H and O–H groups in total. The lowest BCUT2D eigenvalue weighted by atomic mass is 9.76. The Hall–Kier alpha value is -4.48. The molecule has 3 aromatic carbocycles. The van der Waals surface area contributed by atoms with Gasteiger partial charge in [-0.05, 0) is 92.3 Å². The number of fused-ring (bicyclic) bond motifs is 2. The van der Waals surface area contributed by atoms with Gasteiger partial charge in [-0.2, -0.15) is 0 Å². The molecule has 278 valence electrons. The minimum atomic E-state index is -0.786. The van der Waals surface area contributed by atoms with Crippen LogP contribution in [0, 0.1) is 6.92 Å². The van der Waals surface area contributed by atoms with Crippen LogP contribution in [0.4, 0.5) is 11.4 Å². The first-order chi connectivity index (χ1) is 25.3.